The number of carboxylic acid groups (broad SMARTS) is 1. The van der Waals surface area contributed by atoms with Crippen LogP contribution in [0.1, 0.15) is 31.2 Å². The molecule has 0 aromatic carbocycles. The molecule has 0 radical (unpaired) electrons. The maximum absolute atomic E-state index is 11.7. The van der Waals surface area contributed by atoms with Crippen LogP contribution in [0.2, 0.25) is 0 Å². The molecule has 2 unspecified atom stereocenters. The van der Waals surface area contributed by atoms with E-state index in [0.717, 1.165) is 6.54 Å². The van der Waals surface area contributed by atoms with Crippen LogP contribution in [0.3, 0.4) is 0 Å². The molecule has 3 N–H and O–H groups in total. The fourth-order valence-corrected chi connectivity index (χ4v) is 2.40. The van der Waals surface area contributed by atoms with Crippen molar-refractivity contribution in [3.8, 4) is 0 Å². The van der Waals surface area contributed by atoms with Gasteiger partial charge in [0.25, 0.3) is 0 Å². The number of hydrogen-bond acceptors (Lipinski definition) is 4. The van der Waals surface area contributed by atoms with Crippen molar-refractivity contribution in [1.82, 2.24) is 10.6 Å². The van der Waals surface area contributed by atoms with E-state index in [0.29, 0.717) is 4.88 Å². The number of aliphatic carboxylic acids is 1. The summed E-state index contributed by atoms with van der Waals surface area (Å²) in [5.41, 5.74) is 0. The van der Waals surface area contributed by atoms with Gasteiger partial charge < -0.3 is 15.7 Å². The average Bonchev–Trinajstić information content (AvgIpc) is 2.78. The van der Waals surface area contributed by atoms with E-state index in [4.69, 9.17) is 5.11 Å². The number of thiophene rings is 1. The molecule has 6 heteroatoms. The summed E-state index contributed by atoms with van der Waals surface area (Å²) in [6.07, 6.45) is 0.267. The van der Waals surface area contributed by atoms with Crippen LogP contribution in [-0.4, -0.2) is 29.6 Å². The second-order valence-electron chi connectivity index (χ2n) is 4.02. The molecule has 0 aliphatic carbocycles. The molecule has 0 saturated carbocycles. The Bertz CT molecular complexity index is 392. The Labute approximate surface area is 110 Å². The fraction of sp³-hybridized carbons (Fsp3) is 0.500. The van der Waals surface area contributed by atoms with Gasteiger partial charge in [-0.2, -0.15) is 0 Å². The summed E-state index contributed by atoms with van der Waals surface area (Å²) in [6.45, 7) is 4.63. The first-order chi connectivity index (χ1) is 8.54. The van der Waals surface area contributed by atoms with Crippen LogP contribution in [0.5, 0.6) is 0 Å². The number of hydrogen-bond donors (Lipinski definition) is 3. The van der Waals surface area contributed by atoms with Crippen molar-refractivity contribution in [3.05, 3.63) is 22.4 Å². The van der Waals surface area contributed by atoms with Crippen LogP contribution in [-0.2, 0) is 9.59 Å². The molecule has 1 amide bonds. The molecular weight excluding hydrogens is 252 g/mol. The van der Waals surface area contributed by atoms with Crippen molar-refractivity contribution in [1.29, 1.82) is 0 Å². The molecule has 1 heterocycles. The lowest BCUT2D eigenvalue weighted by Crippen LogP contribution is -2.37. The summed E-state index contributed by atoms with van der Waals surface area (Å²) >= 11 is 1.32. The quantitative estimate of drug-likeness (QED) is 0.699. The SMILES string of the molecule is CCNC(C)CC(=O)NC(C(=O)O)c1cccs1. The van der Waals surface area contributed by atoms with Crippen molar-refractivity contribution < 1.29 is 14.7 Å². The Morgan fingerprint density at radius 1 is 1.50 bits per heavy atom. The smallest absolute Gasteiger partial charge is 0.331 e. The molecular formula is C12H18N2O3S. The summed E-state index contributed by atoms with van der Waals surface area (Å²) in [5.74, 6) is -1.30. The standard InChI is InChI=1S/C12H18N2O3S/c1-3-13-8(2)7-10(15)14-11(12(16)17)9-5-4-6-18-9/h4-6,8,11,13H,3,7H2,1-2H3,(H,14,15)(H,16,17). The minimum Gasteiger partial charge on any atom is -0.479 e. The van der Waals surface area contributed by atoms with Gasteiger partial charge in [0.15, 0.2) is 6.04 Å². The van der Waals surface area contributed by atoms with E-state index in [2.05, 4.69) is 10.6 Å². The largest absolute Gasteiger partial charge is 0.479 e. The third-order valence-electron chi connectivity index (χ3n) is 2.42. The van der Waals surface area contributed by atoms with Gasteiger partial charge >= 0.3 is 5.97 Å². The Kier molecular flexibility index (Phi) is 5.80. The van der Waals surface area contributed by atoms with Gasteiger partial charge in [0.2, 0.25) is 5.91 Å². The molecule has 0 fully saturated rings. The van der Waals surface area contributed by atoms with E-state index in [9.17, 15) is 9.59 Å². The first kappa shape index (κ1) is 14.7. The molecule has 5 nitrogen and oxygen atoms in total. The van der Waals surface area contributed by atoms with E-state index in [1.807, 2.05) is 13.8 Å². The normalized spacial score (nSPS) is 13.9. The van der Waals surface area contributed by atoms with E-state index < -0.39 is 12.0 Å². The van der Waals surface area contributed by atoms with E-state index in [-0.39, 0.29) is 18.4 Å². The number of rotatable bonds is 7. The maximum atomic E-state index is 11.7. The van der Waals surface area contributed by atoms with Gasteiger partial charge in [-0.15, -0.1) is 11.3 Å². The zero-order valence-corrected chi connectivity index (χ0v) is 11.3. The van der Waals surface area contributed by atoms with Crippen molar-refractivity contribution in [2.75, 3.05) is 6.54 Å². The van der Waals surface area contributed by atoms with Gasteiger partial charge in [0.05, 0.1) is 0 Å². The predicted octanol–water partition coefficient (Wildman–Crippen LogP) is 1.38. The highest BCUT2D eigenvalue weighted by molar-refractivity contribution is 7.10. The number of nitrogens with one attached hydrogen (secondary N) is 2. The first-order valence-corrected chi connectivity index (χ1v) is 6.71. The molecule has 0 spiro atoms. The van der Waals surface area contributed by atoms with E-state index in [1.54, 1.807) is 17.5 Å². The second kappa shape index (κ2) is 7.13. The zero-order chi connectivity index (χ0) is 13.5. The van der Waals surface area contributed by atoms with Gasteiger partial charge in [-0.1, -0.05) is 13.0 Å². The summed E-state index contributed by atoms with van der Waals surface area (Å²) in [6, 6.07) is 2.56. The number of carbonyl (C=O) groups is 2. The summed E-state index contributed by atoms with van der Waals surface area (Å²) < 4.78 is 0. The van der Waals surface area contributed by atoms with Crippen LogP contribution in [0, 0.1) is 0 Å². The fourth-order valence-electron chi connectivity index (χ4n) is 1.63. The van der Waals surface area contributed by atoms with Crippen LogP contribution < -0.4 is 10.6 Å². The minimum absolute atomic E-state index is 0.0350. The lowest BCUT2D eigenvalue weighted by atomic mass is 10.2. The van der Waals surface area contributed by atoms with Crippen molar-refractivity contribution in [2.24, 2.45) is 0 Å². The maximum Gasteiger partial charge on any atom is 0.331 e. The lowest BCUT2D eigenvalue weighted by Gasteiger charge is -2.16. The van der Waals surface area contributed by atoms with E-state index in [1.165, 1.54) is 11.3 Å². The Morgan fingerprint density at radius 3 is 2.72 bits per heavy atom. The minimum atomic E-state index is -1.04. The Hall–Kier alpha value is -1.40. The lowest BCUT2D eigenvalue weighted by molar-refractivity contribution is -0.142. The molecule has 0 aliphatic heterocycles. The molecule has 1 aromatic rings. The monoisotopic (exact) mass is 270 g/mol. The number of carbonyl (C=O) groups excluding carboxylic acids is 1. The summed E-state index contributed by atoms with van der Waals surface area (Å²) in [4.78, 5) is 23.5. The molecule has 2 atom stereocenters. The van der Waals surface area contributed by atoms with Gasteiger partial charge in [-0.25, -0.2) is 4.79 Å². The topological polar surface area (TPSA) is 78.4 Å². The molecule has 18 heavy (non-hydrogen) atoms. The van der Waals surface area contributed by atoms with Gasteiger partial charge in [-0.05, 0) is 24.9 Å². The Morgan fingerprint density at radius 2 is 2.22 bits per heavy atom. The number of amides is 1. The number of carboxylic acids is 1. The van der Waals surface area contributed by atoms with Crippen molar-refractivity contribution in [2.45, 2.75) is 32.4 Å². The second-order valence-corrected chi connectivity index (χ2v) is 5.00. The van der Waals surface area contributed by atoms with Crippen molar-refractivity contribution in [3.63, 3.8) is 0 Å². The zero-order valence-electron chi connectivity index (χ0n) is 10.5. The highest BCUT2D eigenvalue weighted by Crippen LogP contribution is 2.19. The third-order valence-corrected chi connectivity index (χ3v) is 3.36. The van der Waals surface area contributed by atoms with Crippen LogP contribution >= 0.6 is 11.3 Å². The van der Waals surface area contributed by atoms with Crippen LogP contribution in [0.15, 0.2) is 17.5 Å². The van der Waals surface area contributed by atoms with Gasteiger partial charge in [0, 0.05) is 17.3 Å². The van der Waals surface area contributed by atoms with Crippen LogP contribution in [0.4, 0.5) is 0 Å². The predicted molar refractivity (Wildman–Crippen MR) is 70.6 cm³/mol. The molecule has 0 aliphatic rings. The third kappa shape index (κ3) is 4.46. The first-order valence-electron chi connectivity index (χ1n) is 5.83. The average molecular weight is 270 g/mol. The van der Waals surface area contributed by atoms with Crippen molar-refractivity contribution >= 4 is 23.2 Å². The van der Waals surface area contributed by atoms with Gasteiger partial charge in [-0.3, -0.25) is 4.79 Å². The summed E-state index contributed by atoms with van der Waals surface area (Å²) in [5, 5.41) is 16.5. The van der Waals surface area contributed by atoms with E-state index >= 15 is 0 Å². The summed E-state index contributed by atoms with van der Waals surface area (Å²) in [7, 11) is 0. The molecule has 1 rings (SSSR count). The molecule has 1 aromatic heterocycles. The van der Waals surface area contributed by atoms with Crippen LogP contribution in [0.25, 0.3) is 0 Å². The molecule has 0 saturated heterocycles. The molecule has 0 bridgehead atoms. The highest BCUT2D eigenvalue weighted by Gasteiger charge is 2.23. The highest BCUT2D eigenvalue weighted by atomic mass is 32.1. The Balaban J connectivity index is 2.57. The van der Waals surface area contributed by atoms with Gasteiger partial charge in [0.1, 0.15) is 0 Å². The molecule has 100 valence electrons.